The topological polar surface area (TPSA) is 122 Å². The van der Waals surface area contributed by atoms with Crippen molar-refractivity contribution in [3.8, 4) is 0 Å². The molecule has 32 heavy (non-hydrogen) atoms. The van der Waals surface area contributed by atoms with Gasteiger partial charge >= 0.3 is 5.97 Å². The van der Waals surface area contributed by atoms with E-state index in [1.54, 1.807) is 12.1 Å². The van der Waals surface area contributed by atoms with Crippen molar-refractivity contribution in [3.05, 3.63) is 46.5 Å². The summed E-state index contributed by atoms with van der Waals surface area (Å²) in [6, 6.07) is 0. The first-order chi connectivity index (χ1) is 15.0. The third-order valence-electron chi connectivity index (χ3n) is 5.55. The summed E-state index contributed by atoms with van der Waals surface area (Å²) in [6.45, 7) is 4.80. The maximum Gasteiger partial charge on any atom is 0.340 e. The van der Waals surface area contributed by atoms with Crippen molar-refractivity contribution in [2.75, 3.05) is 32.3 Å². The molecule has 1 unspecified atom stereocenters. The standard InChI is InChI=1S/C22H30N2O7S/c1-14(2)10-22(31-6-5-7-32(4,28)29)11-15-12-23-24-13-17(21(26)27)19(25)9-18(24)16(15)8-20(22)30-3/h8,11,13-14,23H,5-7,9-10,12H2,1-4H3,(H,26,27). The normalized spacial score (nSPS) is 23.3. The Labute approximate surface area is 188 Å². The molecule has 0 saturated heterocycles. The number of carboxylic acids is 1. The molecule has 0 radical (unpaired) electrons. The van der Waals surface area contributed by atoms with Crippen LogP contribution in [0.4, 0.5) is 0 Å². The van der Waals surface area contributed by atoms with Gasteiger partial charge in [-0.3, -0.25) is 9.80 Å². The lowest BCUT2D eigenvalue weighted by Crippen LogP contribution is -2.46. The summed E-state index contributed by atoms with van der Waals surface area (Å²) in [7, 11) is -1.53. The maximum absolute atomic E-state index is 12.4. The fourth-order valence-electron chi connectivity index (χ4n) is 4.26. The highest BCUT2D eigenvalue weighted by atomic mass is 32.2. The average Bonchev–Trinajstić information content (AvgIpc) is 2.69. The van der Waals surface area contributed by atoms with E-state index in [-0.39, 0.29) is 30.3 Å². The van der Waals surface area contributed by atoms with Crippen LogP contribution in [-0.2, 0) is 28.9 Å². The van der Waals surface area contributed by atoms with Gasteiger partial charge < -0.3 is 14.6 Å². The summed E-state index contributed by atoms with van der Waals surface area (Å²) in [5.74, 6) is -0.835. The van der Waals surface area contributed by atoms with E-state index in [0.29, 0.717) is 30.8 Å². The number of rotatable bonds is 9. The molecular weight excluding hydrogens is 436 g/mol. The average molecular weight is 467 g/mol. The second kappa shape index (κ2) is 9.21. The monoisotopic (exact) mass is 466 g/mol. The Balaban J connectivity index is 1.98. The molecule has 9 nitrogen and oxygen atoms in total. The van der Waals surface area contributed by atoms with E-state index in [1.165, 1.54) is 12.5 Å². The van der Waals surface area contributed by atoms with Crippen LogP contribution in [0, 0.1) is 5.92 Å². The molecule has 2 heterocycles. The number of carboxylic acid groups (broad SMARTS) is 1. The fraction of sp³-hybridized carbons (Fsp3) is 0.545. The molecule has 3 rings (SSSR count). The van der Waals surface area contributed by atoms with Crippen LogP contribution >= 0.6 is 0 Å². The number of hydrogen-bond acceptors (Lipinski definition) is 8. The summed E-state index contributed by atoms with van der Waals surface area (Å²) < 4.78 is 35.0. The van der Waals surface area contributed by atoms with Gasteiger partial charge in [0.25, 0.3) is 0 Å². The largest absolute Gasteiger partial charge is 0.498 e. The highest BCUT2D eigenvalue weighted by molar-refractivity contribution is 7.90. The number of allylic oxidation sites excluding steroid dienone is 2. The first kappa shape index (κ1) is 24.2. The van der Waals surface area contributed by atoms with Crippen LogP contribution in [0.15, 0.2) is 46.5 Å². The minimum Gasteiger partial charge on any atom is -0.498 e. The smallest absolute Gasteiger partial charge is 0.340 e. The number of methoxy groups -OCH3 is 1. The van der Waals surface area contributed by atoms with Crippen molar-refractivity contribution < 1.29 is 32.6 Å². The number of aliphatic carboxylic acids is 1. The first-order valence-electron chi connectivity index (χ1n) is 10.5. The molecule has 0 aromatic rings. The van der Waals surface area contributed by atoms with Crippen molar-refractivity contribution in [2.45, 2.75) is 38.7 Å². The fourth-order valence-corrected chi connectivity index (χ4v) is 4.90. The second-order valence-electron chi connectivity index (χ2n) is 8.71. The minimum absolute atomic E-state index is 0.0412. The molecule has 0 aromatic carbocycles. The number of carbonyl (C=O) groups is 2. The van der Waals surface area contributed by atoms with Crippen molar-refractivity contribution in [1.82, 2.24) is 10.4 Å². The van der Waals surface area contributed by atoms with Gasteiger partial charge in [0.05, 0.1) is 19.3 Å². The maximum atomic E-state index is 12.4. The quantitative estimate of drug-likeness (QED) is 0.386. The minimum atomic E-state index is -3.08. The number of nitrogens with zero attached hydrogens (tertiary/aromatic N) is 1. The molecule has 0 aromatic heterocycles. The molecule has 0 amide bonds. The summed E-state index contributed by atoms with van der Waals surface area (Å²) >= 11 is 0. The molecule has 2 N–H and O–H groups in total. The lowest BCUT2D eigenvalue weighted by Gasteiger charge is -2.41. The zero-order valence-electron chi connectivity index (χ0n) is 18.8. The van der Waals surface area contributed by atoms with Crippen LogP contribution in [0.1, 0.15) is 33.1 Å². The Hall–Kier alpha value is -2.43. The zero-order chi connectivity index (χ0) is 23.7. The number of ketones is 1. The lowest BCUT2D eigenvalue weighted by molar-refractivity contribution is -0.135. The number of hydrogen-bond donors (Lipinski definition) is 2. The third kappa shape index (κ3) is 5.13. The molecule has 176 valence electrons. The molecule has 2 aliphatic heterocycles. The summed E-state index contributed by atoms with van der Waals surface area (Å²) in [6.07, 6.45) is 7.31. The van der Waals surface area contributed by atoms with Gasteiger partial charge in [0.2, 0.25) is 0 Å². The molecule has 10 heteroatoms. The number of ether oxygens (including phenoxy) is 2. The summed E-state index contributed by atoms with van der Waals surface area (Å²) in [5.41, 5.74) is 4.40. The highest BCUT2D eigenvalue weighted by Crippen LogP contribution is 2.42. The van der Waals surface area contributed by atoms with Crippen molar-refractivity contribution in [3.63, 3.8) is 0 Å². The molecule has 0 saturated carbocycles. The number of Topliss-reactive ketones (excluding diaryl/α,β-unsaturated/α-hetero) is 1. The van der Waals surface area contributed by atoms with Crippen LogP contribution in [0.25, 0.3) is 0 Å². The van der Waals surface area contributed by atoms with E-state index in [9.17, 15) is 23.1 Å². The van der Waals surface area contributed by atoms with Crippen LogP contribution in [0.3, 0.4) is 0 Å². The SMILES string of the molecule is COC1=CC2=C3CC(=O)C(C(=O)O)=CN3NCC2=CC1(CC(C)C)OCCCS(C)(=O)=O. The Morgan fingerprint density at radius 1 is 1.38 bits per heavy atom. The first-order valence-corrected chi connectivity index (χ1v) is 12.6. The zero-order valence-corrected chi connectivity index (χ0v) is 19.6. The highest BCUT2D eigenvalue weighted by Gasteiger charge is 2.42. The van der Waals surface area contributed by atoms with Crippen LogP contribution in [0.5, 0.6) is 0 Å². The number of carbonyl (C=O) groups excluding carboxylic acids is 1. The number of fused-ring (bicyclic) bond motifs is 2. The number of nitrogens with one attached hydrogen (secondary N) is 1. The van der Waals surface area contributed by atoms with Gasteiger partial charge in [-0.25, -0.2) is 18.6 Å². The van der Waals surface area contributed by atoms with E-state index < -0.39 is 27.2 Å². The Morgan fingerprint density at radius 3 is 2.69 bits per heavy atom. The predicted molar refractivity (Wildman–Crippen MR) is 118 cm³/mol. The van der Waals surface area contributed by atoms with E-state index >= 15 is 0 Å². The van der Waals surface area contributed by atoms with Crippen molar-refractivity contribution >= 4 is 21.6 Å². The van der Waals surface area contributed by atoms with Gasteiger partial charge in [-0.2, -0.15) is 0 Å². The third-order valence-corrected chi connectivity index (χ3v) is 6.59. The van der Waals surface area contributed by atoms with E-state index in [4.69, 9.17) is 9.47 Å². The predicted octanol–water partition coefficient (Wildman–Crippen LogP) is 1.71. The Bertz CT molecular complexity index is 1040. The number of sulfone groups is 1. The second-order valence-corrected chi connectivity index (χ2v) is 11.0. The van der Waals surface area contributed by atoms with Crippen molar-refractivity contribution in [1.29, 1.82) is 0 Å². The summed E-state index contributed by atoms with van der Waals surface area (Å²) in [5, 5.41) is 10.8. The van der Waals surface area contributed by atoms with Gasteiger partial charge in [0.15, 0.2) is 5.78 Å². The van der Waals surface area contributed by atoms with Gasteiger partial charge in [-0.1, -0.05) is 13.8 Å². The van der Waals surface area contributed by atoms with Crippen LogP contribution in [-0.4, -0.2) is 68.2 Å². The van der Waals surface area contributed by atoms with E-state index in [2.05, 4.69) is 19.3 Å². The molecule has 0 spiro atoms. The van der Waals surface area contributed by atoms with E-state index in [0.717, 1.165) is 11.1 Å². The van der Waals surface area contributed by atoms with Gasteiger partial charge in [0, 0.05) is 36.9 Å². The molecule has 0 fully saturated rings. The molecule has 1 atom stereocenters. The van der Waals surface area contributed by atoms with E-state index in [1.807, 2.05) is 12.2 Å². The Kier molecular flexibility index (Phi) is 6.97. The lowest BCUT2D eigenvalue weighted by atomic mass is 9.80. The van der Waals surface area contributed by atoms with Crippen LogP contribution in [0.2, 0.25) is 0 Å². The molecule has 1 aliphatic carbocycles. The van der Waals surface area contributed by atoms with Gasteiger partial charge in [-0.05, 0) is 36.5 Å². The summed E-state index contributed by atoms with van der Waals surface area (Å²) in [4.78, 5) is 23.7. The molecule has 0 bridgehead atoms. The molecule has 3 aliphatic rings. The van der Waals surface area contributed by atoms with Gasteiger partial charge in [0.1, 0.15) is 26.8 Å². The van der Waals surface area contributed by atoms with Crippen LogP contribution < -0.4 is 5.43 Å². The number of hydrazine groups is 1. The molecular formula is C22H30N2O7S. The Morgan fingerprint density at radius 2 is 2.09 bits per heavy atom. The van der Waals surface area contributed by atoms with Gasteiger partial charge in [-0.15, -0.1) is 0 Å². The van der Waals surface area contributed by atoms with Crippen molar-refractivity contribution in [2.24, 2.45) is 5.92 Å².